The van der Waals surface area contributed by atoms with Crippen molar-refractivity contribution in [2.45, 2.75) is 82.6 Å². The summed E-state index contributed by atoms with van der Waals surface area (Å²) in [7, 11) is 0. The fourth-order valence-corrected chi connectivity index (χ4v) is 5.94. The van der Waals surface area contributed by atoms with Crippen LogP contribution >= 0.6 is 0 Å². The van der Waals surface area contributed by atoms with Gasteiger partial charge in [-0.2, -0.15) is 0 Å². The molecular weight excluding hydrogens is 564 g/mol. The molecule has 0 radical (unpaired) electrons. The van der Waals surface area contributed by atoms with E-state index < -0.39 is 59.9 Å². The third kappa shape index (κ3) is 8.02. The fourth-order valence-electron chi connectivity index (χ4n) is 5.94. The number of hydrogen-bond donors (Lipinski definition) is 3. The maximum atomic E-state index is 14.0. The molecule has 2 fully saturated rings. The number of carboxylic acids is 1. The van der Waals surface area contributed by atoms with Crippen LogP contribution in [-0.4, -0.2) is 87.9 Å². The summed E-state index contributed by atoms with van der Waals surface area (Å²) in [5, 5.41) is 12.4. The number of esters is 1. The minimum Gasteiger partial charge on any atom is -0.478 e. The minimum absolute atomic E-state index is 0.168. The van der Waals surface area contributed by atoms with Crippen LogP contribution in [0.15, 0.2) is 60.7 Å². The van der Waals surface area contributed by atoms with Crippen molar-refractivity contribution in [2.24, 2.45) is 11.7 Å². The molecule has 4 N–H and O–H groups in total. The molecule has 2 aromatic rings. The number of rotatable bonds is 12. The first kappa shape index (κ1) is 32.7. The van der Waals surface area contributed by atoms with Crippen molar-refractivity contribution in [2.75, 3.05) is 13.1 Å². The standard InChI is InChI=1S/C33H42N4O7/c1-21(2)28(32(41)42)44-33(43)27-16-10-18-37(27)31(40)25(20-23-13-7-4-8-14-23)35-29(38)26-15-9-17-36(26)30(39)24(34)19-22-11-5-3-6-12-22/h3-8,11-14,21,24-28H,9-10,15-20,34H2,1-2H3,(H,35,38)(H,41,42)/t24-,25-,26+,27+,28+/m1/s1. The van der Waals surface area contributed by atoms with Gasteiger partial charge in [0.1, 0.15) is 18.1 Å². The van der Waals surface area contributed by atoms with Crippen LogP contribution in [0.3, 0.4) is 0 Å². The first-order valence-corrected chi connectivity index (χ1v) is 15.2. The van der Waals surface area contributed by atoms with Gasteiger partial charge in [0, 0.05) is 25.4 Å². The van der Waals surface area contributed by atoms with Crippen molar-refractivity contribution in [3.8, 4) is 0 Å². The highest BCUT2D eigenvalue weighted by Gasteiger charge is 2.42. The van der Waals surface area contributed by atoms with Crippen LogP contribution in [-0.2, 0) is 41.6 Å². The smallest absolute Gasteiger partial charge is 0.345 e. The number of carbonyl (C=O) groups excluding carboxylic acids is 4. The maximum Gasteiger partial charge on any atom is 0.345 e. The molecule has 5 atom stereocenters. The zero-order valence-electron chi connectivity index (χ0n) is 25.3. The predicted octanol–water partition coefficient (Wildman–Crippen LogP) is 1.92. The number of ether oxygens (including phenoxy) is 1. The zero-order valence-corrected chi connectivity index (χ0v) is 25.3. The van der Waals surface area contributed by atoms with Gasteiger partial charge in [-0.15, -0.1) is 0 Å². The number of likely N-dealkylation sites (tertiary alicyclic amines) is 2. The van der Waals surface area contributed by atoms with Gasteiger partial charge in [-0.3, -0.25) is 14.4 Å². The number of benzene rings is 2. The first-order valence-electron chi connectivity index (χ1n) is 15.2. The summed E-state index contributed by atoms with van der Waals surface area (Å²) in [6.45, 7) is 3.93. The number of carbonyl (C=O) groups is 5. The van der Waals surface area contributed by atoms with Crippen LogP contribution in [0, 0.1) is 5.92 Å². The second-order valence-electron chi connectivity index (χ2n) is 11.9. The third-order valence-corrected chi connectivity index (χ3v) is 8.25. The fraction of sp³-hybridized carbons (Fsp3) is 0.485. The Morgan fingerprint density at radius 3 is 1.91 bits per heavy atom. The lowest BCUT2D eigenvalue weighted by atomic mass is 10.0. The van der Waals surface area contributed by atoms with Gasteiger partial charge in [-0.25, -0.2) is 9.59 Å². The summed E-state index contributed by atoms with van der Waals surface area (Å²) < 4.78 is 5.33. The second-order valence-corrected chi connectivity index (χ2v) is 11.9. The molecule has 0 saturated carbocycles. The van der Waals surface area contributed by atoms with Crippen LogP contribution in [0.4, 0.5) is 0 Å². The lowest BCUT2D eigenvalue weighted by molar-refractivity contribution is -0.171. The number of aliphatic carboxylic acids is 1. The van der Waals surface area contributed by atoms with E-state index in [-0.39, 0.29) is 18.9 Å². The number of nitrogens with zero attached hydrogens (tertiary/aromatic N) is 2. The zero-order chi connectivity index (χ0) is 31.8. The molecule has 11 heteroatoms. The minimum atomic E-state index is -1.33. The summed E-state index contributed by atoms with van der Waals surface area (Å²) in [5.74, 6) is -3.72. The van der Waals surface area contributed by atoms with Crippen LogP contribution in [0.2, 0.25) is 0 Å². The van der Waals surface area contributed by atoms with Gasteiger partial charge in [0.25, 0.3) is 0 Å². The Hall–Kier alpha value is -4.25. The Balaban J connectivity index is 1.49. The van der Waals surface area contributed by atoms with Crippen LogP contribution in [0.25, 0.3) is 0 Å². The van der Waals surface area contributed by atoms with E-state index in [1.165, 1.54) is 9.80 Å². The molecule has 0 unspecified atom stereocenters. The Bertz CT molecular complexity index is 1320. The monoisotopic (exact) mass is 606 g/mol. The molecule has 236 valence electrons. The molecule has 3 amide bonds. The number of nitrogens with two attached hydrogens (primary N) is 1. The molecule has 2 saturated heterocycles. The molecule has 11 nitrogen and oxygen atoms in total. The van der Waals surface area contributed by atoms with Gasteiger partial charge in [-0.1, -0.05) is 74.5 Å². The summed E-state index contributed by atoms with van der Waals surface area (Å²) in [6.07, 6.45) is 1.09. The summed E-state index contributed by atoms with van der Waals surface area (Å²) >= 11 is 0. The molecule has 0 aromatic heterocycles. The Labute approximate surface area is 257 Å². The molecule has 2 heterocycles. The van der Waals surface area contributed by atoms with E-state index in [2.05, 4.69) is 5.32 Å². The van der Waals surface area contributed by atoms with Crippen molar-refractivity contribution >= 4 is 29.7 Å². The lowest BCUT2D eigenvalue weighted by Gasteiger charge is -2.31. The third-order valence-electron chi connectivity index (χ3n) is 8.25. The van der Waals surface area contributed by atoms with Crippen LogP contribution in [0.5, 0.6) is 0 Å². The van der Waals surface area contributed by atoms with Crippen molar-refractivity contribution < 1.29 is 33.8 Å². The molecule has 0 aliphatic carbocycles. The topological polar surface area (TPSA) is 159 Å². The van der Waals surface area contributed by atoms with Gasteiger partial charge < -0.3 is 30.7 Å². The molecular formula is C33H42N4O7. The average Bonchev–Trinajstić information content (AvgIpc) is 3.70. The lowest BCUT2D eigenvalue weighted by Crippen LogP contribution is -2.57. The molecule has 0 bridgehead atoms. The number of carboxylic acid groups (broad SMARTS) is 1. The highest BCUT2D eigenvalue weighted by molar-refractivity contribution is 5.95. The molecule has 4 rings (SSSR count). The van der Waals surface area contributed by atoms with E-state index in [9.17, 15) is 29.1 Å². The van der Waals surface area contributed by atoms with Gasteiger partial charge in [0.2, 0.25) is 23.8 Å². The second kappa shape index (κ2) is 15.0. The molecule has 0 spiro atoms. The van der Waals surface area contributed by atoms with Crippen LogP contribution in [0.1, 0.15) is 50.7 Å². The van der Waals surface area contributed by atoms with Crippen molar-refractivity contribution in [1.29, 1.82) is 0 Å². The summed E-state index contributed by atoms with van der Waals surface area (Å²) in [6, 6.07) is 15.1. The number of hydrogen-bond acceptors (Lipinski definition) is 7. The number of amides is 3. The van der Waals surface area contributed by atoms with Gasteiger partial charge in [0.15, 0.2) is 0 Å². The van der Waals surface area contributed by atoms with Gasteiger partial charge in [-0.05, 0) is 43.2 Å². The molecule has 2 aromatic carbocycles. The molecule has 2 aliphatic rings. The van der Waals surface area contributed by atoms with E-state index >= 15 is 0 Å². The Morgan fingerprint density at radius 2 is 1.36 bits per heavy atom. The molecule has 44 heavy (non-hydrogen) atoms. The largest absolute Gasteiger partial charge is 0.478 e. The van der Waals surface area contributed by atoms with E-state index in [1.54, 1.807) is 13.8 Å². The maximum absolute atomic E-state index is 14.0. The summed E-state index contributed by atoms with van der Waals surface area (Å²) in [5.41, 5.74) is 8.00. The highest BCUT2D eigenvalue weighted by atomic mass is 16.6. The Kier molecular flexibility index (Phi) is 11.1. The van der Waals surface area contributed by atoms with Gasteiger partial charge >= 0.3 is 11.9 Å². The van der Waals surface area contributed by atoms with Crippen LogP contribution < -0.4 is 11.1 Å². The Morgan fingerprint density at radius 1 is 0.841 bits per heavy atom. The van der Waals surface area contributed by atoms with E-state index in [1.807, 2.05) is 60.7 Å². The van der Waals surface area contributed by atoms with Crippen molar-refractivity contribution in [1.82, 2.24) is 15.1 Å². The van der Waals surface area contributed by atoms with E-state index in [0.29, 0.717) is 38.6 Å². The van der Waals surface area contributed by atoms with E-state index in [4.69, 9.17) is 10.5 Å². The molecule has 2 aliphatic heterocycles. The van der Waals surface area contributed by atoms with E-state index in [0.717, 1.165) is 11.1 Å². The highest BCUT2D eigenvalue weighted by Crippen LogP contribution is 2.24. The van der Waals surface area contributed by atoms with Crippen molar-refractivity contribution in [3.63, 3.8) is 0 Å². The summed E-state index contributed by atoms with van der Waals surface area (Å²) in [4.78, 5) is 68.6. The normalized spacial score (nSPS) is 20.2. The SMILES string of the molecule is CC(C)[C@H](OC(=O)[C@@H]1CCCN1C(=O)[C@@H](Cc1ccccc1)NC(=O)[C@@H]1CCCN1C(=O)[C@H](N)Cc1ccccc1)C(=O)O. The average molecular weight is 607 g/mol. The van der Waals surface area contributed by atoms with Crippen molar-refractivity contribution in [3.05, 3.63) is 71.8 Å². The number of nitrogens with one attached hydrogen (secondary N) is 1. The van der Waals surface area contributed by atoms with Gasteiger partial charge in [0.05, 0.1) is 6.04 Å². The quantitative estimate of drug-likeness (QED) is 0.309. The first-order chi connectivity index (χ1) is 21.1. The predicted molar refractivity (Wildman–Crippen MR) is 162 cm³/mol.